The van der Waals surface area contributed by atoms with Crippen LogP contribution in [0.5, 0.6) is 0 Å². The van der Waals surface area contributed by atoms with Gasteiger partial charge in [0.25, 0.3) is 0 Å². The molecule has 5 nitrogen and oxygen atoms in total. The molecule has 122 valence electrons. The Kier molecular flexibility index (Phi) is 5.43. The van der Waals surface area contributed by atoms with Crippen molar-refractivity contribution in [3.8, 4) is 17.9 Å². The fraction of sp³-hybridized carbons (Fsp3) is 0.471. The minimum absolute atomic E-state index is 0.312. The van der Waals surface area contributed by atoms with E-state index in [-0.39, 0.29) is 12.5 Å². The van der Waals surface area contributed by atoms with Crippen LogP contribution < -0.4 is 0 Å². The second kappa shape index (κ2) is 7.14. The first-order valence-electron chi connectivity index (χ1n) is 7.51. The van der Waals surface area contributed by atoms with E-state index < -0.39 is 22.1 Å². The van der Waals surface area contributed by atoms with Gasteiger partial charge < -0.3 is 5.11 Å². The zero-order valence-electron chi connectivity index (χ0n) is 13.2. The maximum atomic E-state index is 11.8. The van der Waals surface area contributed by atoms with Crippen molar-refractivity contribution in [2.45, 2.75) is 37.8 Å². The maximum Gasteiger partial charge on any atom is 0.212 e. The molecule has 1 N–H and O–H groups in total. The fourth-order valence-electron chi connectivity index (χ4n) is 2.90. The van der Waals surface area contributed by atoms with Gasteiger partial charge >= 0.3 is 0 Å². The molecule has 0 saturated carbocycles. The molecule has 1 saturated heterocycles. The molecule has 2 rings (SSSR count). The van der Waals surface area contributed by atoms with Gasteiger partial charge in [0.15, 0.2) is 0 Å². The second-order valence-electron chi connectivity index (χ2n) is 5.62. The summed E-state index contributed by atoms with van der Waals surface area (Å²) in [6, 6.07) is 8.10. The van der Waals surface area contributed by atoms with Gasteiger partial charge in [-0.05, 0) is 24.1 Å². The van der Waals surface area contributed by atoms with E-state index in [1.165, 1.54) is 0 Å². The van der Waals surface area contributed by atoms with Crippen molar-refractivity contribution in [3.05, 3.63) is 35.4 Å². The lowest BCUT2D eigenvalue weighted by Gasteiger charge is -2.49. The summed E-state index contributed by atoms with van der Waals surface area (Å²) < 4.78 is 24.6. The van der Waals surface area contributed by atoms with E-state index in [1.54, 1.807) is 0 Å². The molecule has 0 aromatic heterocycles. The van der Waals surface area contributed by atoms with Crippen LogP contribution >= 0.6 is 0 Å². The molecule has 0 aliphatic carbocycles. The molecule has 1 aliphatic heterocycles. The van der Waals surface area contributed by atoms with E-state index >= 15 is 0 Å². The normalized spacial score (nSPS) is 24.2. The van der Waals surface area contributed by atoms with E-state index in [2.05, 4.69) is 18.8 Å². The zero-order valence-corrected chi connectivity index (χ0v) is 14.0. The van der Waals surface area contributed by atoms with Gasteiger partial charge in [0.1, 0.15) is 6.04 Å². The SMILES string of the molecule is CCCC#Cc1ccc([C@H]2[C@@H](C#N)N(S(C)(=O)=O)[C@H]2CO)cc1. The van der Waals surface area contributed by atoms with Gasteiger partial charge in [0.05, 0.1) is 25.0 Å². The zero-order chi connectivity index (χ0) is 17.0. The molecule has 0 bridgehead atoms. The molecular formula is C17H20N2O3S. The number of nitrogens with zero attached hydrogens (tertiary/aromatic N) is 2. The van der Waals surface area contributed by atoms with E-state index in [9.17, 15) is 18.8 Å². The molecule has 6 heteroatoms. The summed E-state index contributed by atoms with van der Waals surface area (Å²) in [7, 11) is -3.52. The van der Waals surface area contributed by atoms with Crippen molar-refractivity contribution in [1.29, 1.82) is 5.26 Å². The average molecular weight is 332 g/mol. The summed E-state index contributed by atoms with van der Waals surface area (Å²) in [5.74, 6) is 5.80. The molecule has 1 fully saturated rings. The highest BCUT2D eigenvalue weighted by Gasteiger charge is 2.53. The van der Waals surface area contributed by atoms with E-state index in [4.69, 9.17) is 0 Å². The Hall–Kier alpha value is -1.86. The number of sulfonamides is 1. The van der Waals surface area contributed by atoms with Crippen LogP contribution in [-0.4, -0.2) is 42.8 Å². The highest BCUT2D eigenvalue weighted by Crippen LogP contribution is 2.41. The van der Waals surface area contributed by atoms with E-state index in [1.807, 2.05) is 30.3 Å². The first-order chi connectivity index (χ1) is 10.9. The number of hydrogen-bond acceptors (Lipinski definition) is 4. The molecular weight excluding hydrogens is 312 g/mol. The van der Waals surface area contributed by atoms with Gasteiger partial charge in [-0.25, -0.2) is 8.42 Å². The van der Waals surface area contributed by atoms with Crippen LogP contribution in [0.4, 0.5) is 0 Å². The van der Waals surface area contributed by atoms with Gasteiger partial charge in [0, 0.05) is 17.9 Å². The number of aliphatic hydroxyl groups is 1. The first kappa shape index (κ1) is 17.5. The lowest BCUT2D eigenvalue weighted by atomic mass is 9.78. The maximum absolute atomic E-state index is 11.8. The first-order valence-corrected chi connectivity index (χ1v) is 9.36. The number of aliphatic hydroxyl groups excluding tert-OH is 1. The largest absolute Gasteiger partial charge is 0.395 e. The van der Waals surface area contributed by atoms with Crippen LogP contribution in [0.25, 0.3) is 0 Å². The molecule has 1 aromatic carbocycles. The number of hydrogen-bond donors (Lipinski definition) is 1. The Morgan fingerprint density at radius 3 is 2.43 bits per heavy atom. The molecule has 0 amide bonds. The molecule has 0 unspecified atom stereocenters. The van der Waals surface area contributed by atoms with Gasteiger partial charge in [0.2, 0.25) is 10.0 Å². The lowest BCUT2D eigenvalue weighted by Crippen LogP contribution is -2.64. The van der Waals surface area contributed by atoms with Crippen molar-refractivity contribution in [2.75, 3.05) is 12.9 Å². The Morgan fingerprint density at radius 2 is 1.96 bits per heavy atom. The molecule has 1 heterocycles. The second-order valence-corrected chi connectivity index (χ2v) is 7.50. The molecule has 3 atom stereocenters. The summed E-state index contributed by atoms with van der Waals surface area (Å²) in [4.78, 5) is 0. The van der Waals surface area contributed by atoms with Crippen LogP contribution in [0, 0.1) is 23.2 Å². The Bertz CT molecular complexity index is 754. The van der Waals surface area contributed by atoms with Gasteiger partial charge in [-0.1, -0.05) is 30.9 Å². The van der Waals surface area contributed by atoms with Gasteiger partial charge in [-0.3, -0.25) is 0 Å². The standard InChI is InChI=1S/C17H20N2O3S/c1-3-4-5-6-13-7-9-14(10-8-13)17-15(11-18)19(16(17)12-20)23(2,21)22/h7-10,15-17,20H,3-4,12H2,1-2H3/t15-,16+,17+/m1/s1. The van der Waals surface area contributed by atoms with E-state index in [0.717, 1.165) is 34.5 Å². The summed E-state index contributed by atoms with van der Waals surface area (Å²) >= 11 is 0. The monoisotopic (exact) mass is 332 g/mol. The number of nitriles is 1. The quantitative estimate of drug-likeness (QED) is 0.846. The number of benzene rings is 1. The average Bonchev–Trinajstić information content (AvgIpc) is 2.47. The van der Waals surface area contributed by atoms with Gasteiger partial charge in [-0.15, -0.1) is 0 Å². The van der Waals surface area contributed by atoms with Crippen molar-refractivity contribution in [1.82, 2.24) is 4.31 Å². The predicted molar refractivity (Wildman–Crippen MR) is 87.9 cm³/mol. The van der Waals surface area contributed by atoms with E-state index in [0.29, 0.717) is 0 Å². The van der Waals surface area contributed by atoms with Crippen molar-refractivity contribution >= 4 is 10.0 Å². The Morgan fingerprint density at radius 1 is 1.30 bits per heavy atom. The Labute approximate surface area is 137 Å². The lowest BCUT2D eigenvalue weighted by molar-refractivity contribution is 0.0564. The topological polar surface area (TPSA) is 81.4 Å². The fourth-order valence-corrected chi connectivity index (χ4v) is 4.18. The smallest absolute Gasteiger partial charge is 0.212 e. The minimum Gasteiger partial charge on any atom is -0.395 e. The van der Waals surface area contributed by atoms with Crippen molar-refractivity contribution in [2.24, 2.45) is 0 Å². The van der Waals surface area contributed by atoms with Crippen LogP contribution in [0.15, 0.2) is 24.3 Å². The minimum atomic E-state index is -3.52. The third-order valence-corrected chi connectivity index (χ3v) is 5.23. The molecule has 0 spiro atoms. The third kappa shape index (κ3) is 3.56. The third-order valence-electron chi connectivity index (χ3n) is 3.96. The molecule has 0 radical (unpaired) electrons. The molecule has 1 aromatic rings. The summed E-state index contributed by atoms with van der Waals surface area (Å²) in [5, 5.41) is 18.8. The highest BCUT2D eigenvalue weighted by molar-refractivity contribution is 7.88. The van der Waals surface area contributed by atoms with Crippen LogP contribution in [0.1, 0.15) is 36.8 Å². The summed E-state index contributed by atoms with van der Waals surface area (Å²) in [6.45, 7) is 1.76. The number of rotatable bonds is 4. The highest BCUT2D eigenvalue weighted by atomic mass is 32.2. The van der Waals surface area contributed by atoms with Crippen LogP contribution in [0.3, 0.4) is 0 Å². The van der Waals surface area contributed by atoms with Crippen LogP contribution in [0.2, 0.25) is 0 Å². The molecule has 23 heavy (non-hydrogen) atoms. The van der Waals surface area contributed by atoms with Crippen molar-refractivity contribution in [3.63, 3.8) is 0 Å². The van der Waals surface area contributed by atoms with Gasteiger partial charge in [-0.2, -0.15) is 9.57 Å². The summed E-state index contributed by atoms with van der Waals surface area (Å²) in [6.07, 6.45) is 2.91. The van der Waals surface area contributed by atoms with Crippen molar-refractivity contribution < 1.29 is 13.5 Å². The Balaban J connectivity index is 2.25. The molecule has 1 aliphatic rings. The van der Waals surface area contributed by atoms with Crippen LogP contribution in [-0.2, 0) is 10.0 Å². The number of unbranched alkanes of at least 4 members (excludes halogenated alkanes) is 1. The predicted octanol–water partition coefficient (Wildman–Crippen LogP) is 1.45. The summed E-state index contributed by atoms with van der Waals surface area (Å²) in [5.41, 5.74) is 1.73.